The minimum Gasteiger partial charge on any atom is -0.489 e. The number of nitrogens with zero attached hydrogens (tertiary/aromatic N) is 3. The van der Waals surface area contributed by atoms with E-state index in [-0.39, 0.29) is 11.9 Å². The van der Waals surface area contributed by atoms with Crippen LogP contribution >= 0.6 is 23.2 Å². The minimum absolute atomic E-state index is 0.0718. The van der Waals surface area contributed by atoms with Gasteiger partial charge in [0.1, 0.15) is 12.4 Å². The van der Waals surface area contributed by atoms with Gasteiger partial charge in [-0.1, -0.05) is 59.6 Å². The lowest BCUT2D eigenvalue weighted by molar-refractivity contribution is -0.128. The van der Waals surface area contributed by atoms with Crippen molar-refractivity contribution in [3.8, 4) is 5.75 Å². The zero-order valence-electron chi connectivity index (χ0n) is 24.1. The quantitative estimate of drug-likeness (QED) is 0.312. The maximum Gasteiger partial charge on any atom is 0.251 e. The molecular formula is C34H38Cl2N4O2. The van der Waals surface area contributed by atoms with Gasteiger partial charge >= 0.3 is 0 Å². The maximum atomic E-state index is 14.0. The van der Waals surface area contributed by atoms with Gasteiger partial charge in [-0.3, -0.25) is 4.79 Å². The fourth-order valence-electron chi connectivity index (χ4n) is 5.80. The van der Waals surface area contributed by atoms with Crippen LogP contribution in [0.15, 0.2) is 72.3 Å². The summed E-state index contributed by atoms with van der Waals surface area (Å²) in [5.41, 5.74) is 6.23. The maximum absolute atomic E-state index is 14.0. The Morgan fingerprint density at radius 1 is 1.00 bits per heavy atom. The van der Waals surface area contributed by atoms with Crippen LogP contribution in [0, 0.1) is 0 Å². The molecule has 0 aromatic heterocycles. The van der Waals surface area contributed by atoms with Gasteiger partial charge in [-0.2, -0.15) is 0 Å². The van der Waals surface area contributed by atoms with Crippen molar-refractivity contribution >= 4 is 40.4 Å². The molecule has 0 spiro atoms. The monoisotopic (exact) mass is 604 g/mol. The molecule has 220 valence electrons. The van der Waals surface area contributed by atoms with Gasteiger partial charge in [-0.25, -0.2) is 0 Å². The lowest BCUT2D eigenvalue weighted by Crippen LogP contribution is -2.44. The molecule has 0 radical (unpaired) electrons. The summed E-state index contributed by atoms with van der Waals surface area (Å²) in [6, 6.07) is 22.7. The number of carbonyl (C=O) groups excluding carboxylic acids is 1. The fourth-order valence-corrected chi connectivity index (χ4v) is 6.18. The van der Waals surface area contributed by atoms with Crippen LogP contribution in [0.4, 0.5) is 5.69 Å². The second-order valence-electron chi connectivity index (χ2n) is 11.5. The second-order valence-corrected chi connectivity index (χ2v) is 12.3. The molecule has 3 aliphatic rings. The van der Waals surface area contributed by atoms with Crippen LogP contribution in [0.1, 0.15) is 36.0 Å². The van der Waals surface area contributed by atoms with E-state index in [1.807, 2.05) is 29.2 Å². The number of hydrogen-bond acceptors (Lipinski definition) is 5. The van der Waals surface area contributed by atoms with Crippen molar-refractivity contribution in [1.82, 2.24) is 15.1 Å². The third kappa shape index (κ3) is 6.78. The molecule has 1 saturated carbocycles. The molecular weight excluding hydrogens is 567 g/mol. The van der Waals surface area contributed by atoms with E-state index in [9.17, 15) is 4.79 Å². The highest BCUT2D eigenvalue weighted by molar-refractivity contribution is 6.42. The number of likely N-dealkylation sites (N-methyl/N-ethyl adjacent to an activating group) is 1. The highest BCUT2D eigenvalue weighted by Crippen LogP contribution is 2.35. The predicted molar refractivity (Wildman–Crippen MR) is 171 cm³/mol. The molecule has 1 saturated heterocycles. The second kappa shape index (κ2) is 13.1. The molecule has 6 rings (SSSR count). The van der Waals surface area contributed by atoms with Gasteiger partial charge in [0.2, 0.25) is 0 Å². The predicted octanol–water partition coefficient (Wildman–Crippen LogP) is 6.26. The summed E-state index contributed by atoms with van der Waals surface area (Å²) in [6.45, 7) is 6.63. The van der Waals surface area contributed by atoms with Gasteiger partial charge in [-0.05, 0) is 85.5 Å². The molecule has 1 aliphatic carbocycles. The summed E-state index contributed by atoms with van der Waals surface area (Å²) < 4.78 is 6.24. The lowest BCUT2D eigenvalue weighted by atomic mass is 9.93. The Kier molecular flexibility index (Phi) is 9.06. The average Bonchev–Trinajstić information content (AvgIpc) is 3.87. The summed E-state index contributed by atoms with van der Waals surface area (Å²) in [6.07, 6.45) is 2.81. The summed E-state index contributed by atoms with van der Waals surface area (Å²) >= 11 is 12.8. The standard InChI is InChI=1S/C34H38Cl2N4O2/c1-38-16-18-39(19-17-38)27-10-8-24(9-11-27)23-42-29-6-2-4-25(20-29)30-14-15-37-21-31(30)34(41)40(28-12-13-28)22-26-5-3-7-32(35)33(26)36/h2-11,20,28,37H,12-19,21-23H2,1H3. The lowest BCUT2D eigenvalue weighted by Gasteiger charge is -2.34. The van der Waals surface area contributed by atoms with Crippen LogP contribution in [0.2, 0.25) is 10.0 Å². The number of anilines is 1. The SMILES string of the molecule is CN1CCN(c2ccc(COc3cccc(C4=C(C(=O)N(Cc5cccc(Cl)c5Cl)C5CC5)CNCC4)c3)cc2)CC1. The first kappa shape index (κ1) is 29.1. The minimum atomic E-state index is 0.0718. The first-order valence-electron chi connectivity index (χ1n) is 14.9. The molecule has 0 unspecified atom stereocenters. The van der Waals surface area contributed by atoms with E-state index in [1.165, 1.54) is 5.69 Å². The zero-order valence-corrected chi connectivity index (χ0v) is 25.6. The van der Waals surface area contributed by atoms with Gasteiger partial charge in [0.05, 0.1) is 10.0 Å². The van der Waals surface area contributed by atoms with E-state index in [0.29, 0.717) is 29.7 Å². The number of benzene rings is 3. The Morgan fingerprint density at radius 3 is 2.52 bits per heavy atom. The molecule has 2 aliphatic heterocycles. The van der Waals surface area contributed by atoms with E-state index >= 15 is 0 Å². The van der Waals surface area contributed by atoms with Crippen molar-refractivity contribution in [3.05, 3.63) is 99.0 Å². The summed E-state index contributed by atoms with van der Waals surface area (Å²) in [4.78, 5) is 20.8. The van der Waals surface area contributed by atoms with Crippen LogP contribution in [-0.2, 0) is 17.9 Å². The number of nitrogens with one attached hydrogen (secondary N) is 1. The molecule has 0 bridgehead atoms. The third-order valence-electron chi connectivity index (χ3n) is 8.49. The van der Waals surface area contributed by atoms with Gasteiger partial charge in [0, 0.05) is 56.6 Å². The summed E-state index contributed by atoms with van der Waals surface area (Å²) in [5.74, 6) is 0.876. The smallest absolute Gasteiger partial charge is 0.251 e. The van der Waals surface area contributed by atoms with Crippen LogP contribution in [0.3, 0.4) is 0 Å². The number of amides is 1. The molecule has 42 heavy (non-hydrogen) atoms. The molecule has 2 fully saturated rings. The molecule has 8 heteroatoms. The van der Waals surface area contributed by atoms with Crippen LogP contribution < -0.4 is 15.0 Å². The van der Waals surface area contributed by atoms with Gasteiger partial charge in [0.15, 0.2) is 0 Å². The molecule has 1 N–H and O–H groups in total. The summed E-state index contributed by atoms with van der Waals surface area (Å²) in [5, 5.41) is 4.45. The van der Waals surface area contributed by atoms with Gasteiger partial charge in [-0.15, -0.1) is 0 Å². The van der Waals surface area contributed by atoms with Crippen molar-refractivity contribution in [2.45, 2.75) is 38.5 Å². The molecule has 0 atom stereocenters. The first-order chi connectivity index (χ1) is 20.5. The normalized spacial score (nSPS) is 17.8. The number of hydrogen-bond donors (Lipinski definition) is 1. The zero-order chi connectivity index (χ0) is 29.1. The van der Waals surface area contributed by atoms with Crippen molar-refractivity contribution < 1.29 is 9.53 Å². The molecule has 1 amide bonds. The number of piperazine rings is 1. The van der Waals surface area contributed by atoms with Gasteiger partial charge in [0.25, 0.3) is 5.91 Å². The number of ether oxygens (including phenoxy) is 1. The highest BCUT2D eigenvalue weighted by atomic mass is 35.5. The van der Waals surface area contributed by atoms with Crippen molar-refractivity contribution in [3.63, 3.8) is 0 Å². The van der Waals surface area contributed by atoms with Crippen LogP contribution in [0.5, 0.6) is 5.75 Å². The van der Waals surface area contributed by atoms with Crippen LogP contribution in [0.25, 0.3) is 5.57 Å². The fraction of sp³-hybridized carbons (Fsp3) is 0.382. The topological polar surface area (TPSA) is 48.1 Å². The van der Waals surface area contributed by atoms with Crippen molar-refractivity contribution in [2.24, 2.45) is 0 Å². The van der Waals surface area contributed by atoms with Crippen molar-refractivity contribution in [1.29, 1.82) is 0 Å². The number of halogens is 2. The van der Waals surface area contributed by atoms with E-state index in [0.717, 1.165) is 85.6 Å². The summed E-state index contributed by atoms with van der Waals surface area (Å²) in [7, 11) is 2.18. The Morgan fingerprint density at radius 2 is 1.76 bits per heavy atom. The van der Waals surface area contributed by atoms with E-state index in [2.05, 4.69) is 58.6 Å². The molecule has 6 nitrogen and oxygen atoms in total. The Labute approximate surface area is 258 Å². The molecule has 3 aromatic rings. The first-order valence-corrected chi connectivity index (χ1v) is 15.6. The molecule has 2 heterocycles. The van der Waals surface area contributed by atoms with E-state index in [4.69, 9.17) is 27.9 Å². The largest absolute Gasteiger partial charge is 0.489 e. The Balaban J connectivity index is 1.16. The van der Waals surface area contributed by atoms with Gasteiger partial charge < -0.3 is 24.8 Å². The average molecular weight is 606 g/mol. The molecule has 3 aromatic carbocycles. The highest BCUT2D eigenvalue weighted by Gasteiger charge is 2.35. The Bertz CT molecular complexity index is 1450. The van der Waals surface area contributed by atoms with E-state index in [1.54, 1.807) is 6.07 Å². The number of rotatable bonds is 9. The third-order valence-corrected chi connectivity index (χ3v) is 9.35. The van der Waals surface area contributed by atoms with Crippen molar-refractivity contribution in [2.75, 3.05) is 51.2 Å². The van der Waals surface area contributed by atoms with Crippen LogP contribution in [-0.4, -0.2) is 68.1 Å². The number of carbonyl (C=O) groups is 1. The Hall–Kier alpha value is -3.03. The van der Waals surface area contributed by atoms with E-state index < -0.39 is 0 Å².